The van der Waals surface area contributed by atoms with Crippen molar-refractivity contribution in [2.45, 2.75) is 29.1 Å². The van der Waals surface area contributed by atoms with Crippen LogP contribution < -0.4 is 0 Å². The van der Waals surface area contributed by atoms with E-state index in [1.807, 2.05) is 23.5 Å². The third-order valence-electron chi connectivity index (χ3n) is 31.3. The number of furan rings is 1. The van der Waals surface area contributed by atoms with E-state index in [9.17, 15) is 0 Å². The first-order chi connectivity index (χ1) is 69.4. The fourth-order valence-electron chi connectivity index (χ4n) is 24.3. The van der Waals surface area contributed by atoms with E-state index in [-0.39, 0.29) is 5.41 Å². The van der Waals surface area contributed by atoms with Crippen molar-refractivity contribution in [2.75, 3.05) is 12.5 Å². The molecule has 0 saturated heterocycles. The number of nitrogens with zero attached hydrogens (tertiary/aromatic N) is 8. The van der Waals surface area contributed by atoms with Crippen LogP contribution in [0.4, 0.5) is 0 Å². The number of fused-ring (bicyclic) bond motifs is 40. The van der Waals surface area contributed by atoms with Gasteiger partial charge in [-0.05, 0) is 178 Å². The molecule has 1 aliphatic heterocycles. The number of rotatable bonds is 0. The van der Waals surface area contributed by atoms with Crippen molar-refractivity contribution >= 4 is 249 Å². The Bertz CT molecular complexity index is 10300. The highest BCUT2D eigenvalue weighted by Gasteiger charge is 2.39. The SMILES string of the molecule is Cn1c2ccccc2c2c3ccccc3ccc21.Cn1c2ccccc2c2cc3c(cc21)-c1ccccc1S3(C)C.Cn1c2ccccc2c2cc3c(cc21)c1ccccc1n3C.Cn1c2ccccc2c2cc3sc4ccccc4c3cc21.Cn1c2ccccc2c2ccc3c(c21)C(C)(C)c1ccccc1-3.Cn1c2ccccc2c2ccc3c4ccccc4oc3c21.Cn1c2ccccc2c2ccccc21. The van der Waals surface area contributed by atoms with E-state index in [1.54, 1.807) is 0 Å². The molecule has 0 radical (unpaired) electrons. The molecule has 0 atom stereocenters. The zero-order valence-corrected chi connectivity index (χ0v) is 83.2. The third-order valence-corrected chi connectivity index (χ3v) is 35.3. The van der Waals surface area contributed by atoms with Gasteiger partial charge in [0.1, 0.15) is 5.58 Å². The molecule has 10 aromatic heterocycles. The molecule has 20 aromatic carbocycles. The minimum Gasteiger partial charge on any atom is -0.454 e. The molecule has 142 heavy (non-hydrogen) atoms. The molecule has 0 unspecified atom stereocenters. The maximum Gasteiger partial charge on any atom is 0.159 e. The number of benzene rings is 20. The molecular weight excluding hydrogens is 1770 g/mol. The van der Waals surface area contributed by atoms with Gasteiger partial charge in [-0.15, -0.1) is 11.3 Å². The second-order valence-electron chi connectivity index (χ2n) is 39.3. The largest absolute Gasteiger partial charge is 0.454 e. The van der Waals surface area contributed by atoms with Gasteiger partial charge in [-0.25, -0.2) is 0 Å². The van der Waals surface area contributed by atoms with Crippen LogP contribution in [0.5, 0.6) is 0 Å². The summed E-state index contributed by atoms with van der Waals surface area (Å²) >= 11 is 1.89. The molecule has 0 spiro atoms. The van der Waals surface area contributed by atoms with Crippen LogP contribution in [0.2, 0.25) is 0 Å². The van der Waals surface area contributed by atoms with E-state index in [4.69, 9.17) is 4.42 Å². The van der Waals surface area contributed by atoms with Gasteiger partial charge in [-0.1, -0.05) is 305 Å². The molecule has 2 aliphatic rings. The van der Waals surface area contributed by atoms with Crippen LogP contribution in [0.1, 0.15) is 25.0 Å². The number of aryl methyl sites for hydroxylation is 8. The number of aromatic nitrogens is 8. The highest BCUT2D eigenvalue weighted by Crippen LogP contribution is 2.68. The van der Waals surface area contributed by atoms with Crippen molar-refractivity contribution in [3.63, 3.8) is 0 Å². The standard InChI is InChI=1S/C22H19N.C21H19NS.C20H16N2.C19H13NO.C19H13NS.C17H13N.C13H11N/c1-22(2)18-10-6-4-8-14(18)16-12-13-17-15-9-5-7-11-19(15)23(3)21(17)20(16)22;1-22-18-10-6-4-8-14(18)16-13-21-17(12-19(16)22)15-9-5-7-11-20(15)23(21,2)3;1-21-17-9-5-3-7-13(17)15-12-20-16(11-19(15)21)14-8-4-6-10-18(14)22(20)2;1-20-16-8-4-2-6-12(16)14-10-11-15-13-7-3-5-9-17(13)21-19(15)18(14)20;1-20-16-8-4-2-6-12(16)14-11-19-15(10-17(14)20)13-7-3-5-9-18(13)21-19;1-18-15-9-5-4-8-14(15)17-13-7-3-2-6-12(13)10-11-16(17)18;1-14-12-8-4-2-6-10(12)11-7-3-5-9-13(11)14/h2*4-13H,1-3H3;3-12H,1-2H3;2*2-11H,1H3;2-11H,1H3;2-9H,1H3. The molecule has 30 aromatic rings. The smallest absolute Gasteiger partial charge is 0.159 e. The second-order valence-corrected chi connectivity index (χ2v) is 44.0. The van der Waals surface area contributed by atoms with Crippen molar-refractivity contribution in [1.29, 1.82) is 0 Å². The van der Waals surface area contributed by atoms with Crippen molar-refractivity contribution in [3.05, 3.63) is 424 Å². The van der Waals surface area contributed by atoms with Gasteiger partial charge in [0.25, 0.3) is 0 Å². The van der Waals surface area contributed by atoms with Crippen LogP contribution in [-0.2, 0) is 61.8 Å². The third kappa shape index (κ3) is 13.1. The maximum absolute atomic E-state index is 6.16. The molecule has 686 valence electrons. The Morgan fingerprint density at radius 3 is 1.12 bits per heavy atom. The summed E-state index contributed by atoms with van der Waals surface area (Å²) in [5, 5.41) is 29.1. The Kier molecular flexibility index (Phi) is 20.0. The minimum atomic E-state index is -0.925. The molecule has 11 heteroatoms. The van der Waals surface area contributed by atoms with Gasteiger partial charge in [0.2, 0.25) is 0 Å². The Morgan fingerprint density at radius 1 is 0.218 bits per heavy atom. The summed E-state index contributed by atoms with van der Waals surface area (Å²) in [6, 6.07) is 148. The van der Waals surface area contributed by atoms with Crippen LogP contribution >= 0.6 is 21.4 Å². The summed E-state index contributed by atoms with van der Waals surface area (Å²) in [7, 11) is 16.3. The van der Waals surface area contributed by atoms with Crippen LogP contribution in [0.15, 0.2) is 427 Å². The predicted octanol–water partition coefficient (Wildman–Crippen LogP) is 35.2. The van der Waals surface area contributed by atoms with Gasteiger partial charge in [-0.2, -0.15) is 10.0 Å². The van der Waals surface area contributed by atoms with Crippen molar-refractivity contribution in [1.82, 2.24) is 36.5 Å². The lowest BCUT2D eigenvalue weighted by Gasteiger charge is -2.28. The van der Waals surface area contributed by atoms with E-state index in [2.05, 4.69) is 520 Å². The summed E-state index contributed by atoms with van der Waals surface area (Å²) in [5.74, 6) is 0. The predicted molar refractivity (Wildman–Crippen MR) is 614 cm³/mol. The van der Waals surface area contributed by atoms with Gasteiger partial charge in [-0.3, -0.25) is 0 Å². The van der Waals surface area contributed by atoms with E-state index in [1.165, 1.54) is 259 Å². The zero-order valence-electron chi connectivity index (χ0n) is 81.6. The monoisotopic (exact) mass is 1870 g/mol. The topological polar surface area (TPSA) is 52.6 Å². The van der Waals surface area contributed by atoms with Gasteiger partial charge in [0.15, 0.2) is 5.58 Å². The molecule has 0 bridgehead atoms. The van der Waals surface area contributed by atoms with Crippen molar-refractivity contribution < 1.29 is 4.42 Å². The quantitative estimate of drug-likeness (QED) is 0.149. The highest BCUT2D eigenvalue weighted by molar-refractivity contribution is 8.33. The Hall–Kier alpha value is -16.6. The molecular formula is C131H104N8OS2. The summed E-state index contributed by atoms with van der Waals surface area (Å²) in [6.45, 7) is 4.71. The maximum atomic E-state index is 6.16. The van der Waals surface area contributed by atoms with E-state index >= 15 is 0 Å². The van der Waals surface area contributed by atoms with Gasteiger partial charge in [0, 0.05) is 266 Å². The second kappa shape index (κ2) is 33.1. The first-order valence-electron chi connectivity index (χ1n) is 49.0. The minimum absolute atomic E-state index is 0.0353. The summed E-state index contributed by atoms with van der Waals surface area (Å²) in [4.78, 5) is 3.05. The summed E-state index contributed by atoms with van der Waals surface area (Å²) in [6.07, 6.45) is 4.85. The van der Waals surface area contributed by atoms with E-state index in [0.29, 0.717) is 0 Å². The first kappa shape index (κ1) is 85.8. The van der Waals surface area contributed by atoms with E-state index in [0.717, 1.165) is 11.2 Å². The molecule has 0 N–H and O–H groups in total. The molecule has 0 fully saturated rings. The fraction of sp³-hybridized carbons (Fsp3) is 0.0992. The molecule has 0 amide bonds. The molecule has 32 rings (SSSR count). The lowest BCUT2D eigenvalue weighted by molar-refractivity contribution is 0.662. The average molecular weight is 1870 g/mol. The van der Waals surface area contributed by atoms with Crippen LogP contribution in [0, 0.1) is 0 Å². The van der Waals surface area contributed by atoms with Crippen LogP contribution in [0.3, 0.4) is 0 Å². The van der Waals surface area contributed by atoms with Gasteiger partial charge < -0.3 is 41.0 Å². The highest BCUT2D eigenvalue weighted by atomic mass is 32.3. The molecule has 1 aliphatic carbocycles. The van der Waals surface area contributed by atoms with Gasteiger partial charge >= 0.3 is 0 Å². The fourth-order valence-corrected chi connectivity index (χ4v) is 27.9. The molecule has 9 nitrogen and oxygen atoms in total. The van der Waals surface area contributed by atoms with Crippen molar-refractivity contribution in [3.8, 4) is 22.3 Å². The number of hydrogen-bond acceptors (Lipinski definition) is 2. The molecule has 0 saturated carbocycles. The Labute approximate surface area is 827 Å². The van der Waals surface area contributed by atoms with Crippen LogP contribution in [0.25, 0.3) is 250 Å². The van der Waals surface area contributed by atoms with Crippen LogP contribution in [-0.4, -0.2) is 49.0 Å². The van der Waals surface area contributed by atoms with E-state index < -0.39 is 10.0 Å². The Balaban J connectivity index is 0.0000000852. The zero-order chi connectivity index (χ0) is 96.0. The lowest BCUT2D eigenvalue weighted by atomic mass is 9.81. The number of hydrogen-bond donors (Lipinski definition) is 0. The summed E-state index contributed by atoms with van der Waals surface area (Å²) in [5.41, 5.74) is 31.2. The number of para-hydroxylation sites is 10. The van der Waals surface area contributed by atoms with Gasteiger partial charge in [0.05, 0.1) is 11.0 Å². The molecule has 11 heterocycles. The first-order valence-corrected chi connectivity index (χ1v) is 52.2. The normalized spacial score (nSPS) is 13.1. The summed E-state index contributed by atoms with van der Waals surface area (Å²) < 4.78 is 27.2. The van der Waals surface area contributed by atoms with Crippen molar-refractivity contribution in [2.24, 2.45) is 56.4 Å². The lowest BCUT2D eigenvalue weighted by Crippen LogP contribution is -2.16. The number of thiophene rings is 1. The Morgan fingerprint density at radius 2 is 0.577 bits per heavy atom. The average Bonchev–Trinajstić information content (AvgIpc) is 1.56.